The molecule has 68 valence electrons. The van der Waals surface area contributed by atoms with Crippen LogP contribution in [0.15, 0.2) is 11.1 Å². The summed E-state index contributed by atoms with van der Waals surface area (Å²) in [6.45, 7) is 9.63. The lowest BCUT2D eigenvalue weighted by atomic mass is 9.88. The average molecular weight is 165 g/mol. The van der Waals surface area contributed by atoms with Crippen molar-refractivity contribution >= 4 is 0 Å². The highest BCUT2D eigenvalue weighted by molar-refractivity contribution is 5.23. The van der Waals surface area contributed by atoms with Gasteiger partial charge in [-0.2, -0.15) is 0 Å². The normalized spacial score (nSPS) is 37.2. The quantitative estimate of drug-likeness (QED) is 0.498. The van der Waals surface area contributed by atoms with Gasteiger partial charge in [0, 0.05) is 12.6 Å². The third-order valence-electron chi connectivity index (χ3n) is 3.73. The van der Waals surface area contributed by atoms with Crippen LogP contribution in [0, 0.1) is 5.92 Å². The number of hydrogen-bond donors (Lipinski definition) is 0. The summed E-state index contributed by atoms with van der Waals surface area (Å²) in [5, 5.41) is 0. The summed E-state index contributed by atoms with van der Waals surface area (Å²) in [5.41, 5.74) is 3.31. The van der Waals surface area contributed by atoms with Gasteiger partial charge in [-0.15, -0.1) is 0 Å². The summed E-state index contributed by atoms with van der Waals surface area (Å²) in [5.74, 6) is 0.791. The van der Waals surface area contributed by atoms with Crippen molar-refractivity contribution in [1.82, 2.24) is 4.90 Å². The van der Waals surface area contributed by atoms with Crippen LogP contribution >= 0.6 is 0 Å². The van der Waals surface area contributed by atoms with Gasteiger partial charge < -0.3 is 0 Å². The van der Waals surface area contributed by atoms with Gasteiger partial charge in [0.25, 0.3) is 0 Å². The van der Waals surface area contributed by atoms with Crippen LogP contribution < -0.4 is 0 Å². The molecule has 12 heavy (non-hydrogen) atoms. The molecule has 0 aromatic heterocycles. The molecule has 0 amide bonds. The lowest BCUT2D eigenvalue weighted by Gasteiger charge is -2.35. The Morgan fingerprint density at radius 3 is 2.75 bits per heavy atom. The first kappa shape index (κ1) is 8.31. The lowest BCUT2D eigenvalue weighted by molar-refractivity contribution is 0.233. The Hall–Kier alpha value is -0.300. The fourth-order valence-electron chi connectivity index (χ4n) is 2.68. The molecular formula is C11H19N. The highest BCUT2D eigenvalue weighted by Gasteiger charge is 2.32. The smallest absolute Gasteiger partial charge is 0.0308 e. The molecule has 2 unspecified atom stereocenters. The maximum Gasteiger partial charge on any atom is 0.0308 e. The summed E-state index contributed by atoms with van der Waals surface area (Å²) >= 11 is 0. The minimum atomic E-state index is 0.791. The Labute approximate surface area is 75.4 Å². The largest absolute Gasteiger partial charge is 0.296 e. The molecule has 0 aromatic carbocycles. The monoisotopic (exact) mass is 165 g/mol. The molecule has 0 saturated carbocycles. The van der Waals surface area contributed by atoms with E-state index in [2.05, 4.69) is 25.7 Å². The van der Waals surface area contributed by atoms with E-state index in [1.807, 2.05) is 0 Å². The first-order valence-electron chi connectivity index (χ1n) is 5.11. The molecular weight excluding hydrogens is 146 g/mol. The Bertz CT molecular complexity index is 217. The number of fused-ring (bicyclic) bond motifs is 1. The van der Waals surface area contributed by atoms with E-state index in [0.29, 0.717) is 0 Å². The average Bonchev–Trinajstić information content (AvgIpc) is 2.48. The Morgan fingerprint density at radius 1 is 1.25 bits per heavy atom. The summed E-state index contributed by atoms with van der Waals surface area (Å²) in [4.78, 5) is 2.66. The fraction of sp³-hybridized carbons (Fsp3) is 0.818. The summed E-state index contributed by atoms with van der Waals surface area (Å²) in [7, 11) is 0. The molecule has 0 radical (unpaired) electrons. The molecule has 2 aliphatic rings. The second kappa shape index (κ2) is 2.88. The van der Waals surface area contributed by atoms with Gasteiger partial charge in [0.15, 0.2) is 0 Å². The van der Waals surface area contributed by atoms with Gasteiger partial charge in [-0.1, -0.05) is 18.1 Å². The SMILES string of the molecule is CC1=C(C)C2CCCN2CC1C. The van der Waals surface area contributed by atoms with E-state index in [9.17, 15) is 0 Å². The Balaban J connectivity index is 2.28. The van der Waals surface area contributed by atoms with E-state index in [4.69, 9.17) is 0 Å². The lowest BCUT2D eigenvalue weighted by Crippen LogP contribution is -2.39. The summed E-state index contributed by atoms with van der Waals surface area (Å²) < 4.78 is 0. The minimum absolute atomic E-state index is 0.791. The van der Waals surface area contributed by atoms with Crippen molar-refractivity contribution in [1.29, 1.82) is 0 Å². The van der Waals surface area contributed by atoms with Crippen molar-refractivity contribution in [3.8, 4) is 0 Å². The summed E-state index contributed by atoms with van der Waals surface area (Å²) in [6.07, 6.45) is 2.80. The molecule has 2 rings (SSSR count). The van der Waals surface area contributed by atoms with Crippen molar-refractivity contribution in [2.45, 2.75) is 39.7 Å². The molecule has 2 atom stereocenters. The van der Waals surface area contributed by atoms with E-state index in [1.54, 1.807) is 11.1 Å². The molecule has 0 aliphatic carbocycles. The third-order valence-corrected chi connectivity index (χ3v) is 3.73. The second-order valence-electron chi connectivity index (χ2n) is 4.42. The predicted octanol–water partition coefficient (Wildman–Crippen LogP) is 2.44. The number of nitrogens with zero attached hydrogens (tertiary/aromatic N) is 1. The van der Waals surface area contributed by atoms with Crippen LogP contribution in [-0.4, -0.2) is 24.0 Å². The van der Waals surface area contributed by atoms with E-state index in [1.165, 1.54) is 25.9 Å². The van der Waals surface area contributed by atoms with Crippen LogP contribution in [0.25, 0.3) is 0 Å². The Morgan fingerprint density at radius 2 is 2.00 bits per heavy atom. The molecule has 0 aromatic rings. The number of rotatable bonds is 0. The standard InChI is InChI=1S/C11H19N/c1-8-7-12-6-4-5-11(12)10(3)9(8)2/h8,11H,4-7H2,1-3H3. The molecule has 0 N–H and O–H groups in total. The first-order chi connectivity index (χ1) is 5.70. The highest BCUT2D eigenvalue weighted by atomic mass is 15.2. The predicted molar refractivity (Wildman–Crippen MR) is 52.1 cm³/mol. The van der Waals surface area contributed by atoms with E-state index < -0.39 is 0 Å². The highest BCUT2D eigenvalue weighted by Crippen LogP contribution is 2.33. The van der Waals surface area contributed by atoms with E-state index in [-0.39, 0.29) is 0 Å². The van der Waals surface area contributed by atoms with Crippen LogP contribution in [0.3, 0.4) is 0 Å². The molecule has 1 heteroatoms. The molecule has 2 aliphatic heterocycles. The topological polar surface area (TPSA) is 3.24 Å². The third kappa shape index (κ3) is 1.11. The molecule has 1 saturated heterocycles. The van der Waals surface area contributed by atoms with Crippen LogP contribution in [0.1, 0.15) is 33.6 Å². The molecule has 2 heterocycles. The van der Waals surface area contributed by atoms with Crippen molar-refractivity contribution in [2.24, 2.45) is 5.92 Å². The summed E-state index contributed by atoms with van der Waals surface area (Å²) in [6, 6.07) is 0.807. The van der Waals surface area contributed by atoms with Gasteiger partial charge in [-0.25, -0.2) is 0 Å². The second-order valence-corrected chi connectivity index (χ2v) is 4.42. The molecule has 1 fully saturated rings. The van der Waals surface area contributed by atoms with Crippen molar-refractivity contribution in [2.75, 3.05) is 13.1 Å². The zero-order chi connectivity index (χ0) is 8.72. The first-order valence-corrected chi connectivity index (χ1v) is 5.11. The molecule has 1 nitrogen and oxygen atoms in total. The van der Waals surface area contributed by atoms with E-state index in [0.717, 1.165) is 12.0 Å². The van der Waals surface area contributed by atoms with Gasteiger partial charge >= 0.3 is 0 Å². The minimum Gasteiger partial charge on any atom is -0.296 e. The van der Waals surface area contributed by atoms with Crippen LogP contribution in [0.4, 0.5) is 0 Å². The number of hydrogen-bond acceptors (Lipinski definition) is 1. The van der Waals surface area contributed by atoms with Crippen LogP contribution in [0.2, 0.25) is 0 Å². The van der Waals surface area contributed by atoms with Gasteiger partial charge in [0.1, 0.15) is 0 Å². The zero-order valence-corrected chi connectivity index (χ0v) is 8.43. The van der Waals surface area contributed by atoms with Crippen molar-refractivity contribution in [3.63, 3.8) is 0 Å². The van der Waals surface area contributed by atoms with Crippen LogP contribution in [0.5, 0.6) is 0 Å². The maximum atomic E-state index is 2.66. The van der Waals surface area contributed by atoms with Crippen molar-refractivity contribution < 1.29 is 0 Å². The van der Waals surface area contributed by atoms with E-state index >= 15 is 0 Å². The fourth-order valence-corrected chi connectivity index (χ4v) is 2.68. The van der Waals surface area contributed by atoms with Gasteiger partial charge in [0.05, 0.1) is 0 Å². The molecule has 0 bridgehead atoms. The van der Waals surface area contributed by atoms with Gasteiger partial charge in [-0.3, -0.25) is 4.90 Å². The van der Waals surface area contributed by atoms with Crippen molar-refractivity contribution in [3.05, 3.63) is 11.1 Å². The zero-order valence-electron chi connectivity index (χ0n) is 8.43. The maximum absolute atomic E-state index is 2.66. The van der Waals surface area contributed by atoms with Crippen LogP contribution in [-0.2, 0) is 0 Å². The molecule has 0 spiro atoms. The van der Waals surface area contributed by atoms with Gasteiger partial charge in [-0.05, 0) is 39.2 Å². The van der Waals surface area contributed by atoms with Gasteiger partial charge in [0.2, 0.25) is 0 Å². The Kier molecular flexibility index (Phi) is 1.99.